The zero-order valence-electron chi connectivity index (χ0n) is 12.3. The molecule has 0 saturated heterocycles. The van der Waals surface area contributed by atoms with Crippen LogP contribution in [0.2, 0.25) is 0 Å². The average Bonchev–Trinajstić information content (AvgIpc) is 3.20. The van der Waals surface area contributed by atoms with Crippen molar-refractivity contribution in [2.24, 2.45) is 0 Å². The number of aliphatic hydroxyl groups is 1. The summed E-state index contributed by atoms with van der Waals surface area (Å²) < 4.78 is 5.61. The number of nitrogens with zero attached hydrogens (tertiary/aromatic N) is 1. The minimum absolute atomic E-state index is 0.0242. The first-order valence-electron chi connectivity index (χ1n) is 7.91. The fourth-order valence-electron chi connectivity index (χ4n) is 3.15. The molecule has 3 rings (SSSR count). The molecule has 2 saturated carbocycles. The predicted octanol–water partition coefficient (Wildman–Crippen LogP) is 2.49. The van der Waals surface area contributed by atoms with Gasteiger partial charge in [0.15, 0.2) is 6.61 Å². The Morgan fingerprint density at radius 2 is 1.71 bits per heavy atom. The number of hydrogen-bond donors (Lipinski definition) is 1. The van der Waals surface area contributed by atoms with Crippen molar-refractivity contribution in [3.8, 4) is 5.75 Å². The van der Waals surface area contributed by atoms with Crippen LogP contribution in [0.4, 0.5) is 0 Å². The van der Waals surface area contributed by atoms with Gasteiger partial charge in [0.1, 0.15) is 5.75 Å². The third kappa shape index (κ3) is 3.56. The SMILES string of the molecule is O=C(COc1ccc(CO)cc1)N(C1CCCC1)C1CC1. The number of rotatable bonds is 6. The molecule has 0 radical (unpaired) electrons. The van der Waals surface area contributed by atoms with E-state index in [1.807, 2.05) is 12.1 Å². The van der Waals surface area contributed by atoms with Crippen LogP contribution in [0.25, 0.3) is 0 Å². The highest BCUT2D eigenvalue weighted by Crippen LogP contribution is 2.34. The normalized spacial score (nSPS) is 18.7. The van der Waals surface area contributed by atoms with Crippen molar-refractivity contribution in [3.05, 3.63) is 29.8 Å². The smallest absolute Gasteiger partial charge is 0.261 e. The summed E-state index contributed by atoms with van der Waals surface area (Å²) in [6.07, 6.45) is 7.07. The van der Waals surface area contributed by atoms with E-state index in [1.54, 1.807) is 12.1 Å². The van der Waals surface area contributed by atoms with Crippen LogP contribution in [0, 0.1) is 0 Å². The lowest BCUT2D eigenvalue weighted by Crippen LogP contribution is -2.43. The molecule has 2 aliphatic carbocycles. The summed E-state index contributed by atoms with van der Waals surface area (Å²) in [5.74, 6) is 0.804. The van der Waals surface area contributed by atoms with Gasteiger partial charge in [0, 0.05) is 12.1 Å². The van der Waals surface area contributed by atoms with Crippen LogP contribution in [0.1, 0.15) is 44.1 Å². The van der Waals surface area contributed by atoms with E-state index in [4.69, 9.17) is 9.84 Å². The number of amides is 1. The highest BCUT2D eigenvalue weighted by Gasteiger charge is 2.38. The number of carbonyl (C=O) groups excluding carboxylic acids is 1. The molecule has 4 nitrogen and oxygen atoms in total. The third-order valence-electron chi connectivity index (χ3n) is 4.41. The summed E-state index contributed by atoms with van der Waals surface area (Å²) in [5.41, 5.74) is 0.847. The van der Waals surface area contributed by atoms with Gasteiger partial charge in [-0.25, -0.2) is 0 Å². The molecule has 0 heterocycles. The maximum atomic E-state index is 12.5. The zero-order chi connectivity index (χ0) is 14.7. The maximum Gasteiger partial charge on any atom is 0.261 e. The van der Waals surface area contributed by atoms with Crippen molar-refractivity contribution in [3.63, 3.8) is 0 Å². The highest BCUT2D eigenvalue weighted by molar-refractivity contribution is 5.78. The van der Waals surface area contributed by atoms with Crippen molar-refractivity contribution in [2.75, 3.05) is 6.61 Å². The number of ether oxygens (including phenoxy) is 1. The standard InChI is InChI=1S/C17H23NO3/c19-11-13-5-9-16(10-6-13)21-12-17(20)18(15-7-8-15)14-3-1-2-4-14/h5-6,9-10,14-15,19H,1-4,7-8,11-12H2. The molecular weight excluding hydrogens is 266 g/mol. The summed E-state index contributed by atoms with van der Waals surface area (Å²) >= 11 is 0. The molecule has 2 fully saturated rings. The van der Waals surface area contributed by atoms with Gasteiger partial charge < -0.3 is 14.7 Å². The van der Waals surface area contributed by atoms with E-state index in [0.29, 0.717) is 17.8 Å². The largest absolute Gasteiger partial charge is 0.484 e. The third-order valence-corrected chi connectivity index (χ3v) is 4.41. The lowest BCUT2D eigenvalue weighted by Gasteiger charge is -2.29. The Morgan fingerprint density at radius 3 is 2.29 bits per heavy atom. The molecule has 1 aromatic rings. The monoisotopic (exact) mass is 289 g/mol. The molecule has 1 aromatic carbocycles. The van der Waals surface area contributed by atoms with E-state index in [0.717, 1.165) is 31.2 Å². The fraction of sp³-hybridized carbons (Fsp3) is 0.588. The Morgan fingerprint density at radius 1 is 1.10 bits per heavy atom. The van der Waals surface area contributed by atoms with Gasteiger partial charge in [0.2, 0.25) is 0 Å². The van der Waals surface area contributed by atoms with Crippen LogP contribution in [0.3, 0.4) is 0 Å². The molecule has 0 spiro atoms. The molecule has 0 unspecified atom stereocenters. The second-order valence-electron chi connectivity index (χ2n) is 6.06. The molecule has 0 bridgehead atoms. The van der Waals surface area contributed by atoms with E-state index in [9.17, 15) is 4.79 Å². The first kappa shape index (κ1) is 14.4. The summed E-state index contributed by atoms with van der Waals surface area (Å²) in [6, 6.07) is 8.13. The Labute approximate surface area is 125 Å². The lowest BCUT2D eigenvalue weighted by molar-refractivity contribution is -0.136. The lowest BCUT2D eigenvalue weighted by atomic mass is 10.2. The second kappa shape index (κ2) is 6.48. The molecule has 1 amide bonds. The Balaban J connectivity index is 1.56. The van der Waals surface area contributed by atoms with Gasteiger partial charge in [0.05, 0.1) is 6.61 Å². The van der Waals surface area contributed by atoms with Crippen LogP contribution in [0.5, 0.6) is 5.75 Å². The van der Waals surface area contributed by atoms with Gasteiger partial charge in [-0.3, -0.25) is 4.79 Å². The number of carbonyl (C=O) groups is 1. The molecule has 1 N–H and O–H groups in total. The Kier molecular flexibility index (Phi) is 4.44. The molecule has 21 heavy (non-hydrogen) atoms. The highest BCUT2D eigenvalue weighted by atomic mass is 16.5. The number of aliphatic hydroxyl groups excluding tert-OH is 1. The summed E-state index contributed by atoms with van der Waals surface area (Å²) in [4.78, 5) is 14.6. The van der Waals surface area contributed by atoms with Gasteiger partial charge in [-0.2, -0.15) is 0 Å². The van der Waals surface area contributed by atoms with Gasteiger partial charge >= 0.3 is 0 Å². The van der Waals surface area contributed by atoms with Crippen molar-refractivity contribution in [2.45, 2.75) is 57.2 Å². The molecule has 114 valence electrons. The first-order chi connectivity index (χ1) is 10.3. The van der Waals surface area contributed by atoms with Crippen molar-refractivity contribution in [1.82, 2.24) is 4.90 Å². The average molecular weight is 289 g/mol. The first-order valence-corrected chi connectivity index (χ1v) is 7.91. The topological polar surface area (TPSA) is 49.8 Å². The van der Waals surface area contributed by atoms with Crippen LogP contribution < -0.4 is 4.74 Å². The molecule has 0 aromatic heterocycles. The van der Waals surface area contributed by atoms with E-state index >= 15 is 0 Å². The predicted molar refractivity (Wildman–Crippen MR) is 80.0 cm³/mol. The van der Waals surface area contributed by atoms with Gasteiger partial charge in [-0.05, 0) is 43.4 Å². The van der Waals surface area contributed by atoms with Crippen molar-refractivity contribution >= 4 is 5.91 Å². The van der Waals surface area contributed by atoms with Crippen molar-refractivity contribution < 1.29 is 14.6 Å². The van der Waals surface area contributed by atoms with Gasteiger partial charge in [-0.1, -0.05) is 25.0 Å². The van der Waals surface area contributed by atoms with Crippen LogP contribution in [-0.2, 0) is 11.4 Å². The van der Waals surface area contributed by atoms with Crippen LogP contribution in [0.15, 0.2) is 24.3 Å². The maximum absolute atomic E-state index is 12.5. The summed E-state index contributed by atoms with van der Waals surface area (Å²) in [5, 5.41) is 9.01. The minimum Gasteiger partial charge on any atom is -0.484 e. The van der Waals surface area contributed by atoms with E-state index in [1.165, 1.54) is 12.8 Å². The second-order valence-corrected chi connectivity index (χ2v) is 6.06. The minimum atomic E-state index is 0.0242. The van der Waals surface area contributed by atoms with Crippen molar-refractivity contribution in [1.29, 1.82) is 0 Å². The van der Waals surface area contributed by atoms with Gasteiger partial charge in [0.25, 0.3) is 5.91 Å². The fourth-order valence-corrected chi connectivity index (χ4v) is 3.15. The number of benzene rings is 1. The summed E-state index contributed by atoms with van der Waals surface area (Å²) in [6.45, 7) is 0.141. The van der Waals surface area contributed by atoms with E-state index in [-0.39, 0.29) is 19.1 Å². The summed E-state index contributed by atoms with van der Waals surface area (Å²) in [7, 11) is 0. The Bertz CT molecular complexity index is 475. The molecule has 4 heteroatoms. The molecule has 2 aliphatic rings. The number of hydrogen-bond acceptors (Lipinski definition) is 3. The molecule has 0 aliphatic heterocycles. The zero-order valence-corrected chi connectivity index (χ0v) is 12.3. The Hall–Kier alpha value is -1.55. The molecular formula is C17H23NO3. The molecule has 0 atom stereocenters. The van der Waals surface area contributed by atoms with E-state index < -0.39 is 0 Å². The van der Waals surface area contributed by atoms with Crippen LogP contribution in [-0.4, -0.2) is 34.6 Å². The van der Waals surface area contributed by atoms with Gasteiger partial charge in [-0.15, -0.1) is 0 Å². The van der Waals surface area contributed by atoms with Crippen LogP contribution >= 0.6 is 0 Å². The van der Waals surface area contributed by atoms with E-state index in [2.05, 4.69) is 4.90 Å². The quantitative estimate of drug-likeness (QED) is 0.875.